The van der Waals surface area contributed by atoms with E-state index in [1.165, 1.54) is 32.1 Å². The number of ether oxygens (including phenoxy) is 1. The number of rotatable bonds is 3. The standard InChI is InChI=1S/C14H25NO2/c1-2-11-8-9-15-13(10-11)14(16)17-12-6-4-3-5-7-12/h11-13,15H,2-10H2,1H3. The Morgan fingerprint density at radius 1 is 1.24 bits per heavy atom. The molecule has 2 atom stereocenters. The molecule has 0 bridgehead atoms. The number of carbonyl (C=O) groups excluding carboxylic acids is 1. The van der Waals surface area contributed by atoms with Crippen LogP contribution < -0.4 is 5.32 Å². The smallest absolute Gasteiger partial charge is 0.323 e. The van der Waals surface area contributed by atoms with Crippen LogP contribution in [0, 0.1) is 5.92 Å². The Balaban J connectivity index is 1.78. The average molecular weight is 239 g/mol. The molecule has 2 rings (SSSR count). The molecule has 0 radical (unpaired) electrons. The first-order chi connectivity index (χ1) is 8.29. The molecule has 1 heterocycles. The zero-order valence-electron chi connectivity index (χ0n) is 10.9. The minimum Gasteiger partial charge on any atom is -0.461 e. The third-order valence-electron chi connectivity index (χ3n) is 4.21. The summed E-state index contributed by atoms with van der Waals surface area (Å²) < 4.78 is 5.62. The van der Waals surface area contributed by atoms with Crippen molar-refractivity contribution in [1.29, 1.82) is 0 Å². The molecule has 17 heavy (non-hydrogen) atoms. The van der Waals surface area contributed by atoms with E-state index in [4.69, 9.17) is 4.74 Å². The Hall–Kier alpha value is -0.570. The number of carbonyl (C=O) groups is 1. The molecule has 0 aromatic heterocycles. The largest absolute Gasteiger partial charge is 0.461 e. The van der Waals surface area contributed by atoms with Gasteiger partial charge in [0.05, 0.1) is 0 Å². The fraction of sp³-hybridized carbons (Fsp3) is 0.929. The lowest BCUT2D eigenvalue weighted by Gasteiger charge is -2.30. The van der Waals surface area contributed by atoms with Gasteiger partial charge in [-0.15, -0.1) is 0 Å². The third kappa shape index (κ3) is 3.70. The van der Waals surface area contributed by atoms with Crippen molar-refractivity contribution in [3.05, 3.63) is 0 Å². The summed E-state index contributed by atoms with van der Waals surface area (Å²) in [6, 6.07) is -0.0457. The van der Waals surface area contributed by atoms with Crippen molar-refractivity contribution in [3.63, 3.8) is 0 Å². The van der Waals surface area contributed by atoms with Crippen molar-refractivity contribution < 1.29 is 9.53 Å². The number of hydrogen-bond acceptors (Lipinski definition) is 3. The van der Waals surface area contributed by atoms with Crippen LogP contribution in [0.2, 0.25) is 0 Å². The molecule has 3 nitrogen and oxygen atoms in total. The van der Waals surface area contributed by atoms with Gasteiger partial charge < -0.3 is 10.1 Å². The van der Waals surface area contributed by atoms with Gasteiger partial charge in [0.2, 0.25) is 0 Å². The van der Waals surface area contributed by atoms with Crippen LogP contribution in [0.15, 0.2) is 0 Å². The summed E-state index contributed by atoms with van der Waals surface area (Å²) in [5, 5.41) is 3.30. The highest BCUT2D eigenvalue weighted by Crippen LogP contribution is 2.23. The van der Waals surface area contributed by atoms with E-state index in [0.717, 1.165) is 25.8 Å². The number of hydrogen-bond donors (Lipinski definition) is 1. The van der Waals surface area contributed by atoms with E-state index < -0.39 is 0 Å². The summed E-state index contributed by atoms with van der Waals surface area (Å²) in [4.78, 5) is 12.0. The monoisotopic (exact) mass is 239 g/mol. The van der Waals surface area contributed by atoms with Crippen molar-refractivity contribution in [2.75, 3.05) is 6.54 Å². The van der Waals surface area contributed by atoms with Crippen LogP contribution in [-0.2, 0) is 9.53 Å². The minimum atomic E-state index is -0.0457. The lowest BCUT2D eigenvalue weighted by Crippen LogP contribution is -2.45. The van der Waals surface area contributed by atoms with Crippen molar-refractivity contribution >= 4 is 5.97 Å². The number of nitrogens with one attached hydrogen (secondary N) is 1. The zero-order valence-corrected chi connectivity index (χ0v) is 10.9. The Morgan fingerprint density at radius 2 is 2.00 bits per heavy atom. The second-order valence-corrected chi connectivity index (χ2v) is 5.50. The topological polar surface area (TPSA) is 38.3 Å². The van der Waals surface area contributed by atoms with Gasteiger partial charge >= 0.3 is 5.97 Å². The van der Waals surface area contributed by atoms with Gasteiger partial charge in [0.1, 0.15) is 12.1 Å². The quantitative estimate of drug-likeness (QED) is 0.769. The molecule has 1 aliphatic carbocycles. The molecular weight excluding hydrogens is 214 g/mol. The lowest BCUT2D eigenvalue weighted by molar-refractivity contribution is -0.154. The van der Waals surface area contributed by atoms with Gasteiger partial charge in [-0.1, -0.05) is 19.8 Å². The predicted octanol–water partition coefficient (Wildman–Crippen LogP) is 2.64. The Labute approximate surface area is 104 Å². The Morgan fingerprint density at radius 3 is 2.71 bits per heavy atom. The third-order valence-corrected chi connectivity index (χ3v) is 4.21. The first-order valence-corrected chi connectivity index (χ1v) is 7.23. The summed E-state index contributed by atoms with van der Waals surface area (Å²) >= 11 is 0. The summed E-state index contributed by atoms with van der Waals surface area (Å²) in [7, 11) is 0. The van der Waals surface area contributed by atoms with Gasteiger partial charge in [-0.05, 0) is 51.0 Å². The fourth-order valence-electron chi connectivity index (χ4n) is 2.98. The highest BCUT2D eigenvalue weighted by Gasteiger charge is 2.29. The van der Waals surface area contributed by atoms with E-state index in [-0.39, 0.29) is 18.1 Å². The molecule has 3 heteroatoms. The number of piperidine rings is 1. The van der Waals surface area contributed by atoms with Crippen LogP contribution in [0.5, 0.6) is 0 Å². The van der Waals surface area contributed by atoms with Crippen molar-refractivity contribution in [2.45, 2.75) is 70.4 Å². The second kappa shape index (κ2) is 6.39. The van der Waals surface area contributed by atoms with Gasteiger partial charge in [-0.25, -0.2) is 0 Å². The van der Waals surface area contributed by atoms with Gasteiger partial charge in [0, 0.05) is 0 Å². The molecule has 1 saturated heterocycles. The molecule has 2 unspecified atom stereocenters. The normalized spacial score (nSPS) is 31.1. The van der Waals surface area contributed by atoms with E-state index in [2.05, 4.69) is 12.2 Å². The second-order valence-electron chi connectivity index (χ2n) is 5.50. The lowest BCUT2D eigenvalue weighted by atomic mass is 9.90. The molecule has 1 saturated carbocycles. The maximum atomic E-state index is 12.0. The van der Waals surface area contributed by atoms with Gasteiger partial charge in [0.15, 0.2) is 0 Å². The Bertz CT molecular complexity index is 249. The highest BCUT2D eigenvalue weighted by atomic mass is 16.5. The number of esters is 1. The van der Waals surface area contributed by atoms with Crippen LogP contribution in [-0.4, -0.2) is 24.7 Å². The van der Waals surface area contributed by atoms with Crippen LogP contribution in [0.25, 0.3) is 0 Å². The molecule has 0 spiro atoms. The van der Waals surface area contributed by atoms with E-state index in [9.17, 15) is 4.79 Å². The molecule has 2 fully saturated rings. The van der Waals surface area contributed by atoms with E-state index >= 15 is 0 Å². The van der Waals surface area contributed by atoms with E-state index in [1.54, 1.807) is 0 Å². The van der Waals surface area contributed by atoms with E-state index in [1.807, 2.05) is 0 Å². The highest BCUT2D eigenvalue weighted by molar-refractivity contribution is 5.76. The molecule has 0 amide bonds. The molecule has 0 aromatic rings. The molecule has 1 N–H and O–H groups in total. The molecule has 1 aliphatic heterocycles. The molecular formula is C14H25NO2. The average Bonchev–Trinajstić information content (AvgIpc) is 2.40. The van der Waals surface area contributed by atoms with Crippen LogP contribution >= 0.6 is 0 Å². The molecule has 98 valence electrons. The van der Waals surface area contributed by atoms with Crippen LogP contribution in [0.1, 0.15) is 58.3 Å². The van der Waals surface area contributed by atoms with Gasteiger partial charge in [-0.2, -0.15) is 0 Å². The summed E-state index contributed by atoms with van der Waals surface area (Å²) in [6.45, 7) is 3.17. The van der Waals surface area contributed by atoms with Crippen LogP contribution in [0.4, 0.5) is 0 Å². The van der Waals surface area contributed by atoms with Crippen molar-refractivity contribution in [3.8, 4) is 0 Å². The first kappa shape index (κ1) is 12.9. The van der Waals surface area contributed by atoms with Crippen molar-refractivity contribution in [1.82, 2.24) is 5.32 Å². The fourth-order valence-corrected chi connectivity index (χ4v) is 2.98. The van der Waals surface area contributed by atoms with Gasteiger partial charge in [-0.3, -0.25) is 4.79 Å². The minimum absolute atomic E-state index is 0.00458. The van der Waals surface area contributed by atoms with Crippen LogP contribution in [0.3, 0.4) is 0 Å². The zero-order chi connectivity index (χ0) is 12.1. The SMILES string of the molecule is CCC1CCNC(C(=O)OC2CCCCC2)C1. The maximum Gasteiger partial charge on any atom is 0.323 e. The van der Waals surface area contributed by atoms with E-state index in [0.29, 0.717) is 5.92 Å². The maximum absolute atomic E-state index is 12.0. The summed E-state index contributed by atoms with van der Waals surface area (Å²) in [6.07, 6.45) is 9.39. The summed E-state index contributed by atoms with van der Waals surface area (Å²) in [5.74, 6) is 0.690. The first-order valence-electron chi connectivity index (χ1n) is 7.23. The molecule has 0 aromatic carbocycles. The predicted molar refractivity (Wildman–Crippen MR) is 67.8 cm³/mol. The molecule has 2 aliphatic rings. The Kier molecular flexibility index (Phi) is 4.84. The van der Waals surface area contributed by atoms with Crippen molar-refractivity contribution in [2.24, 2.45) is 5.92 Å². The van der Waals surface area contributed by atoms with Gasteiger partial charge in [0.25, 0.3) is 0 Å². The summed E-state index contributed by atoms with van der Waals surface area (Å²) in [5.41, 5.74) is 0.